The normalized spacial score (nSPS) is 14.5. The second-order valence-corrected chi connectivity index (χ2v) is 7.67. The van der Waals surface area contributed by atoms with Crippen LogP contribution < -0.4 is 20.9 Å². The first-order valence-corrected chi connectivity index (χ1v) is 10.6. The number of guanidine groups is 1. The van der Waals surface area contributed by atoms with Crippen LogP contribution in [0.2, 0.25) is 0 Å². The molecule has 1 aliphatic heterocycles. The summed E-state index contributed by atoms with van der Waals surface area (Å²) < 4.78 is 0. The number of rotatable bonds is 7. The van der Waals surface area contributed by atoms with Crippen LogP contribution in [0.4, 0.5) is 11.5 Å². The van der Waals surface area contributed by atoms with Crippen molar-refractivity contribution in [3.05, 3.63) is 53.7 Å². The van der Waals surface area contributed by atoms with E-state index in [1.165, 1.54) is 24.1 Å². The number of carbonyl (C=O) groups excluding carboxylic acids is 1. The molecule has 1 aromatic heterocycles. The monoisotopic (exact) mass is 536 g/mol. The molecule has 3 rings (SSSR count). The van der Waals surface area contributed by atoms with Crippen LogP contribution in [0.5, 0.6) is 0 Å². The first kappa shape index (κ1) is 24.9. The Morgan fingerprint density at radius 3 is 2.68 bits per heavy atom. The summed E-state index contributed by atoms with van der Waals surface area (Å²) in [6, 6.07) is 12.5. The fourth-order valence-corrected chi connectivity index (χ4v) is 3.49. The molecule has 2 aromatic rings. The van der Waals surface area contributed by atoms with E-state index in [2.05, 4.69) is 62.0 Å². The minimum atomic E-state index is -0.0827. The van der Waals surface area contributed by atoms with Gasteiger partial charge in [-0.2, -0.15) is 0 Å². The summed E-state index contributed by atoms with van der Waals surface area (Å²) in [5.74, 6) is 1.16. The van der Waals surface area contributed by atoms with Crippen molar-refractivity contribution in [2.24, 2.45) is 4.99 Å². The zero-order valence-electron chi connectivity index (χ0n) is 18.5. The van der Waals surface area contributed by atoms with E-state index in [4.69, 9.17) is 0 Å². The quantitative estimate of drug-likeness (QED) is 0.285. The van der Waals surface area contributed by atoms with Gasteiger partial charge in [-0.05, 0) is 56.0 Å². The molecule has 1 atom stereocenters. The first-order chi connectivity index (χ1) is 14.5. The number of aliphatic imine (C=N–C) groups is 1. The molecule has 168 valence electrons. The van der Waals surface area contributed by atoms with E-state index in [1.807, 2.05) is 13.0 Å². The number of hydrogen-bond donors (Lipinski definition) is 3. The van der Waals surface area contributed by atoms with Gasteiger partial charge in [-0.3, -0.25) is 9.79 Å². The lowest BCUT2D eigenvalue weighted by molar-refractivity contribution is -0.116. The van der Waals surface area contributed by atoms with Crippen LogP contribution in [0.15, 0.2) is 47.6 Å². The van der Waals surface area contributed by atoms with Crippen molar-refractivity contribution < 1.29 is 4.79 Å². The molecule has 0 radical (unpaired) electrons. The molecule has 1 aliphatic rings. The predicted molar refractivity (Wildman–Crippen MR) is 138 cm³/mol. The third-order valence-electron chi connectivity index (χ3n) is 5.24. The molecule has 0 aliphatic carbocycles. The van der Waals surface area contributed by atoms with Crippen molar-refractivity contribution in [3.8, 4) is 0 Å². The second-order valence-electron chi connectivity index (χ2n) is 7.67. The molecule has 0 saturated carbocycles. The van der Waals surface area contributed by atoms with E-state index >= 15 is 0 Å². The Bertz CT molecular complexity index is 865. The van der Waals surface area contributed by atoms with Crippen molar-refractivity contribution in [2.45, 2.75) is 39.2 Å². The number of carbonyl (C=O) groups is 1. The number of pyridine rings is 1. The molecular formula is C23H33IN6O. The lowest BCUT2D eigenvalue weighted by Crippen LogP contribution is -2.40. The summed E-state index contributed by atoms with van der Waals surface area (Å²) in [4.78, 5) is 23.0. The van der Waals surface area contributed by atoms with E-state index in [0.29, 0.717) is 24.7 Å². The number of nitrogens with zero attached hydrogens (tertiary/aromatic N) is 3. The van der Waals surface area contributed by atoms with E-state index < -0.39 is 0 Å². The van der Waals surface area contributed by atoms with Gasteiger partial charge in [-0.1, -0.05) is 18.2 Å². The highest BCUT2D eigenvalue weighted by Gasteiger charge is 2.14. The summed E-state index contributed by atoms with van der Waals surface area (Å²) in [5, 5.41) is 9.42. The zero-order chi connectivity index (χ0) is 21.3. The van der Waals surface area contributed by atoms with E-state index in [-0.39, 0.29) is 35.9 Å². The molecule has 0 spiro atoms. The van der Waals surface area contributed by atoms with Crippen LogP contribution >= 0.6 is 24.0 Å². The lowest BCUT2D eigenvalue weighted by Gasteiger charge is -2.22. The third-order valence-corrected chi connectivity index (χ3v) is 5.24. The summed E-state index contributed by atoms with van der Waals surface area (Å²) >= 11 is 0. The maximum absolute atomic E-state index is 12.1. The minimum Gasteiger partial charge on any atom is -0.372 e. The number of halogens is 1. The molecule has 8 heteroatoms. The second kappa shape index (κ2) is 12.5. The number of aromatic nitrogens is 1. The number of hydrogen-bond acceptors (Lipinski definition) is 4. The van der Waals surface area contributed by atoms with Gasteiger partial charge in [-0.15, -0.1) is 24.0 Å². The van der Waals surface area contributed by atoms with E-state index in [9.17, 15) is 4.79 Å². The number of amides is 1. The number of benzene rings is 1. The molecule has 0 bridgehead atoms. The maximum Gasteiger partial charge on any atom is 0.227 e. The summed E-state index contributed by atoms with van der Waals surface area (Å²) in [6.45, 7) is 6.83. The fraction of sp³-hybridized carbons (Fsp3) is 0.435. The Morgan fingerprint density at radius 2 is 2.00 bits per heavy atom. The molecule has 7 nitrogen and oxygen atoms in total. The summed E-state index contributed by atoms with van der Waals surface area (Å²) in [6.07, 6.45) is 4.60. The Morgan fingerprint density at radius 1 is 1.23 bits per heavy atom. The molecule has 1 unspecified atom stereocenters. The van der Waals surface area contributed by atoms with Gasteiger partial charge in [0, 0.05) is 45.0 Å². The number of nitrogens with one attached hydrogen (secondary N) is 3. The van der Waals surface area contributed by atoms with E-state index in [1.54, 1.807) is 19.3 Å². The Labute approximate surface area is 202 Å². The van der Waals surface area contributed by atoms with Gasteiger partial charge in [0.15, 0.2) is 5.96 Å². The topological polar surface area (TPSA) is 81.6 Å². The average molecular weight is 536 g/mol. The van der Waals surface area contributed by atoms with Gasteiger partial charge in [0.1, 0.15) is 5.82 Å². The number of aryl methyl sites for hydroxylation is 1. The fourth-order valence-electron chi connectivity index (χ4n) is 3.49. The molecule has 1 saturated heterocycles. The van der Waals surface area contributed by atoms with E-state index in [0.717, 1.165) is 18.7 Å². The van der Waals surface area contributed by atoms with Crippen molar-refractivity contribution in [2.75, 3.05) is 36.9 Å². The first-order valence-electron chi connectivity index (χ1n) is 10.6. The molecular weight excluding hydrogens is 503 g/mol. The molecule has 31 heavy (non-hydrogen) atoms. The van der Waals surface area contributed by atoms with Gasteiger partial charge in [-0.25, -0.2) is 4.98 Å². The summed E-state index contributed by atoms with van der Waals surface area (Å²) in [5.41, 5.74) is 3.55. The highest BCUT2D eigenvalue weighted by Crippen LogP contribution is 2.23. The molecule has 1 amide bonds. The van der Waals surface area contributed by atoms with Crippen LogP contribution in [0.3, 0.4) is 0 Å². The van der Waals surface area contributed by atoms with Crippen LogP contribution in [0.1, 0.15) is 43.4 Å². The summed E-state index contributed by atoms with van der Waals surface area (Å²) in [7, 11) is 1.74. The van der Waals surface area contributed by atoms with Crippen molar-refractivity contribution in [1.29, 1.82) is 0 Å². The van der Waals surface area contributed by atoms with Crippen LogP contribution in [-0.2, 0) is 4.79 Å². The van der Waals surface area contributed by atoms with Gasteiger partial charge in [0.25, 0.3) is 0 Å². The van der Waals surface area contributed by atoms with Gasteiger partial charge in [0.2, 0.25) is 5.91 Å². The molecule has 1 aromatic carbocycles. The SMILES string of the molecule is CN=C(NCCC(=O)Nc1ccc(C)cn1)NC(C)c1cccc(N2CCCC2)c1.I. The molecule has 2 heterocycles. The molecule has 1 fully saturated rings. The highest BCUT2D eigenvalue weighted by atomic mass is 127. The van der Waals surface area contributed by atoms with Gasteiger partial charge in [0.05, 0.1) is 6.04 Å². The van der Waals surface area contributed by atoms with Gasteiger partial charge >= 0.3 is 0 Å². The third kappa shape index (κ3) is 7.68. The van der Waals surface area contributed by atoms with Crippen molar-refractivity contribution >= 4 is 47.3 Å². The zero-order valence-corrected chi connectivity index (χ0v) is 20.8. The Hall–Kier alpha value is -2.36. The highest BCUT2D eigenvalue weighted by molar-refractivity contribution is 14.0. The maximum atomic E-state index is 12.1. The standard InChI is InChI=1S/C23H32N6O.HI/c1-17-9-10-21(26-16-17)28-22(30)11-12-25-23(24-3)27-18(2)19-7-6-8-20(15-19)29-13-4-5-14-29;/h6-10,15-16,18H,4-5,11-14H2,1-3H3,(H2,24,25,27)(H,26,28,30);1H. The molecule has 3 N–H and O–H groups in total. The van der Waals surface area contributed by atoms with Crippen LogP contribution in [-0.4, -0.2) is 43.5 Å². The Kier molecular flexibility index (Phi) is 10.0. The smallest absolute Gasteiger partial charge is 0.227 e. The van der Waals surface area contributed by atoms with Crippen LogP contribution in [0.25, 0.3) is 0 Å². The predicted octanol–water partition coefficient (Wildman–Crippen LogP) is 3.86. The van der Waals surface area contributed by atoms with Crippen molar-refractivity contribution in [1.82, 2.24) is 15.6 Å². The van der Waals surface area contributed by atoms with Gasteiger partial charge < -0.3 is 20.9 Å². The minimum absolute atomic E-state index is 0. The van der Waals surface area contributed by atoms with Crippen LogP contribution in [0, 0.1) is 6.92 Å². The number of anilines is 2. The lowest BCUT2D eigenvalue weighted by atomic mass is 10.1. The Balaban J connectivity index is 0.00000341. The average Bonchev–Trinajstić information content (AvgIpc) is 3.29. The van der Waals surface area contributed by atoms with Crippen molar-refractivity contribution in [3.63, 3.8) is 0 Å². The largest absolute Gasteiger partial charge is 0.372 e.